The largest absolute Gasteiger partial charge is 0.478 e. The quantitative estimate of drug-likeness (QED) is 0.852. The second-order valence-electron chi connectivity index (χ2n) is 4.68. The van der Waals surface area contributed by atoms with Crippen molar-refractivity contribution in [2.45, 2.75) is 52.0 Å². The van der Waals surface area contributed by atoms with E-state index in [-0.39, 0.29) is 5.54 Å². The van der Waals surface area contributed by atoms with Gasteiger partial charge in [0.15, 0.2) is 0 Å². The van der Waals surface area contributed by atoms with Gasteiger partial charge in [0.25, 0.3) is 0 Å². The van der Waals surface area contributed by atoms with Crippen LogP contribution < -0.4 is 10.1 Å². The van der Waals surface area contributed by atoms with E-state index >= 15 is 0 Å². The molecular formula is C13H21N3O. The number of aromatic nitrogens is 2. The number of hydrogen-bond donors (Lipinski definition) is 1. The number of rotatable bonds is 5. The van der Waals surface area contributed by atoms with Crippen molar-refractivity contribution >= 4 is 5.82 Å². The van der Waals surface area contributed by atoms with Gasteiger partial charge in [-0.2, -0.15) is 4.98 Å². The van der Waals surface area contributed by atoms with Crippen LogP contribution in [-0.4, -0.2) is 22.1 Å². The maximum Gasteiger partial charge on any atom is 0.218 e. The first-order valence-corrected chi connectivity index (χ1v) is 6.44. The molecule has 1 saturated carbocycles. The van der Waals surface area contributed by atoms with Gasteiger partial charge in [0.1, 0.15) is 11.6 Å². The highest BCUT2D eigenvalue weighted by atomic mass is 16.5. The Morgan fingerprint density at radius 3 is 2.65 bits per heavy atom. The number of nitrogens with zero attached hydrogens (tertiary/aromatic N) is 2. The van der Waals surface area contributed by atoms with Crippen molar-refractivity contribution in [2.24, 2.45) is 0 Å². The Bertz CT molecular complexity index is 383. The van der Waals surface area contributed by atoms with Gasteiger partial charge in [0, 0.05) is 11.6 Å². The summed E-state index contributed by atoms with van der Waals surface area (Å²) in [6, 6.07) is 1.90. The summed E-state index contributed by atoms with van der Waals surface area (Å²) in [7, 11) is 0. The fourth-order valence-electron chi connectivity index (χ4n) is 2.27. The average Bonchev–Trinajstić information content (AvgIpc) is 2.23. The molecule has 1 aromatic heterocycles. The minimum atomic E-state index is 0.254. The second kappa shape index (κ2) is 4.90. The number of anilines is 1. The van der Waals surface area contributed by atoms with Crippen LogP contribution in [0.3, 0.4) is 0 Å². The minimum absolute atomic E-state index is 0.254. The van der Waals surface area contributed by atoms with Crippen LogP contribution >= 0.6 is 0 Å². The molecule has 4 nitrogen and oxygen atoms in total. The van der Waals surface area contributed by atoms with Gasteiger partial charge in [0.05, 0.1) is 6.61 Å². The first-order chi connectivity index (χ1) is 8.17. The fraction of sp³-hybridized carbons (Fsp3) is 0.692. The third-order valence-electron chi connectivity index (χ3n) is 3.49. The summed E-state index contributed by atoms with van der Waals surface area (Å²) in [6.07, 6.45) is 4.91. The zero-order valence-corrected chi connectivity index (χ0v) is 10.9. The third-order valence-corrected chi connectivity index (χ3v) is 3.49. The lowest BCUT2D eigenvalue weighted by molar-refractivity contribution is 0.268. The molecule has 0 aromatic carbocycles. The van der Waals surface area contributed by atoms with Crippen LogP contribution in [0.2, 0.25) is 0 Å². The Kier molecular flexibility index (Phi) is 3.50. The molecule has 0 spiro atoms. The zero-order chi connectivity index (χ0) is 12.3. The molecule has 1 N–H and O–H groups in total. The van der Waals surface area contributed by atoms with Crippen LogP contribution in [0.25, 0.3) is 0 Å². The van der Waals surface area contributed by atoms with E-state index in [4.69, 9.17) is 4.74 Å². The summed E-state index contributed by atoms with van der Waals surface area (Å²) >= 11 is 0. The maximum absolute atomic E-state index is 5.44. The van der Waals surface area contributed by atoms with Gasteiger partial charge in [-0.15, -0.1) is 0 Å². The number of ether oxygens (including phenoxy) is 1. The molecule has 1 heterocycles. The van der Waals surface area contributed by atoms with Crippen molar-refractivity contribution in [3.05, 3.63) is 11.9 Å². The average molecular weight is 235 g/mol. The predicted octanol–water partition coefficient (Wildman–Crippen LogP) is 2.93. The molecule has 94 valence electrons. The van der Waals surface area contributed by atoms with E-state index in [0.29, 0.717) is 12.5 Å². The van der Waals surface area contributed by atoms with Crippen molar-refractivity contribution < 1.29 is 4.74 Å². The molecule has 17 heavy (non-hydrogen) atoms. The maximum atomic E-state index is 5.44. The standard InChI is InChI=1S/C13H21N3O/c1-4-13(7-6-8-13)16-11-9-12(17-5-2)15-10(3)14-11/h9H,4-8H2,1-3H3,(H,14,15,16). The van der Waals surface area contributed by atoms with Gasteiger partial charge >= 0.3 is 0 Å². The van der Waals surface area contributed by atoms with Crippen molar-refractivity contribution in [1.29, 1.82) is 0 Å². The van der Waals surface area contributed by atoms with Crippen LogP contribution in [0.4, 0.5) is 5.82 Å². The van der Waals surface area contributed by atoms with Crippen molar-refractivity contribution in [1.82, 2.24) is 9.97 Å². The van der Waals surface area contributed by atoms with E-state index in [0.717, 1.165) is 18.1 Å². The lowest BCUT2D eigenvalue weighted by atomic mass is 9.75. The van der Waals surface area contributed by atoms with Crippen LogP contribution in [-0.2, 0) is 0 Å². The molecule has 1 aliphatic rings. The molecule has 0 amide bonds. The fourth-order valence-corrected chi connectivity index (χ4v) is 2.27. The van der Waals surface area contributed by atoms with Crippen LogP contribution in [0, 0.1) is 6.92 Å². The molecule has 0 bridgehead atoms. The first kappa shape index (κ1) is 12.1. The highest BCUT2D eigenvalue weighted by molar-refractivity contribution is 5.42. The summed E-state index contributed by atoms with van der Waals surface area (Å²) in [6.45, 7) is 6.72. The van der Waals surface area contributed by atoms with Gasteiger partial charge in [-0.3, -0.25) is 0 Å². The Balaban J connectivity index is 2.14. The Hall–Kier alpha value is -1.32. The summed E-state index contributed by atoms with van der Waals surface area (Å²) in [5.74, 6) is 2.31. The molecule has 1 fully saturated rings. The van der Waals surface area contributed by atoms with Crippen molar-refractivity contribution in [3.8, 4) is 5.88 Å². The zero-order valence-electron chi connectivity index (χ0n) is 10.9. The van der Waals surface area contributed by atoms with Crippen molar-refractivity contribution in [3.63, 3.8) is 0 Å². The molecule has 0 radical (unpaired) electrons. The van der Waals surface area contributed by atoms with E-state index in [1.54, 1.807) is 0 Å². The molecule has 1 aromatic rings. The van der Waals surface area contributed by atoms with Crippen molar-refractivity contribution in [2.75, 3.05) is 11.9 Å². The van der Waals surface area contributed by atoms with E-state index < -0.39 is 0 Å². The van der Waals surface area contributed by atoms with E-state index in [2.05, 4.69) is 22.2 Å². The molecule has 0 unspecified atom stereocenters. The predicted molar refractivity (Wildman–Crippen MR) is 68.4 cm³/mol. The Morgan fingerprint density at radius 1 is 1.35 bits per heavy atom. The normalized spacial score (nSPS) is 17.4. The van der Waals surface area contributed by atoms with E-state index in [1.165, 1.54) is 19.3 Å². The molecule has 4 heteroatoms. The molecule has 0 saturated heterocycles. The molecule has 1 aliphatic carbocycles. The summed E-state index contributed by atoms with van der Waals surface area (Å²) in [5, 5.41) is 3.55. The number of nitrogens with one attached hydrogen (secondary N) is 1. The lowest BCUT2D eigenvalue weighted by Gasteiger charge is -2.42. The summed E-state index contributed by atoms with van der Waals surface area (Å²) in [4.78, 5) is 8.68. The number of aryl methyl sites for hydroxylation is 1. The van der Waals surface area contributed by atoms with Crippen LogP contribution in [0.15, 0.2) is 6.07 Å². The smallest absolute Gasteiger partial charge is 0.218 e. The summed E-state index contributed by atoms with van der Waals surface area (Å²) in [5.41, 5.74) is 0.254. The van der Waals surface area contributed by atoms with E-state index in [9.17, 15) is 0 Å². The number of hydrogen-bond acceptors (Lipinski definition) is 4. The van der Waals surface area contributed by atoms with Gasteiger partial charge in [-0.05, 0) is 39.5 Å². The molecular weight excluding hydrogens is 214 g/mol. The monoisotopic (exact) mass is 235 g/mol. The van der Waals surface area contributed by atoms with E-state index in [1.807, 2.05) is 19.9 Å². The van der Waals surface area contributed by atoms with Gasteiger partial charge in [0.2, 0.25) is 5.88 Å². The van der Waals surface area contributed by atoms with Gasteiger partial charge in [-0.1, -0.05) is 6.92 Å². The van der Waals surface area contributed by atoms with Crippen LogP contribution in [0.5, 0.6) is 5.88 Å². The topological polar surface area (TPSA) is 47.0 Å². The second-order valence-corrected chi connectivity index (χ2v) is 4.68. The SMILES string of the molecule is CCOc1cc(NC2(CC)CCC2)nc(C)n1. The first-order valence-electron chi connectivity index (χ1n) is 6.44. The molecule has 0 atom stereocenters. The van der Waals surface area contributed by atoms with Gasteiger partial charge < -0.3 is 10.1 Å². The van der Waals surface area contributed by atoms with Crippen LogP contribution in [0.1, 0.15) is 45.4 Å². The molecule has 2 rings (SSSR count). The minimum Gasteiger partial charge on any atom is -0.478 e. The summed E-state index contributed by atoms with van der Waals surface area (Å²) < 4.78 is 5.44. The van der Waals surface area contributed by atoms with Gasteiger partial charge in [-0.25, -0.2) is 4.98 Å². The third kappa shape index (κ3) is 2.68. The lowest BCUT2D eigenvalue weighted by Crippen LogP contribution is -2.44. The highest BCUT2D eigenvalue weighted by Gasteiger charge is 2.35. The molecule has 0 aliphatic heterocycles. The Labute approximate surface area is 103 Å². The highest BCUT2D eigenvalue weighted by Crippen LogP contribution is 2.37. The Morgan fingerprint density at radius 2 is 2.12 bits per heavy atom.